The lowest BCUT2D eigenvalue weighted by Crippen LogP contribution is -2.32. The highest BCUT2D eigenvalue weighted by Gasteiger charge is 2.12. The Hall–Kier alpha value is -2.27. The molecular weight excluding hydrogens is 328 g/mol. The van der Waals surface area contributed by atoms with Gasteiger partial charge >= 0.3 is 0 Å². The Morgan fingerprint density at radius 1 is 1.08 bits per heavy atom. The van der Waals surface area contributed by atoms with Gasteiger partial charge in [-0.3, -0.25) is 4.79 Å². The van der Waals surface area contributed by atoms with Crippen molar-refractivity contribution >= 4 is 23.2 Å². The maximum Gasteiger partial charge on any atom is 0.224 e. The van der Waals surface area contributed by atoms with E-state index in [1.54, 1.807) is 12.1 Å². The summed E-state index contributed by atoms with van der Waals surface area (Å²) in [6.45, 7) is 0.895. The highest BCUT2D eigenvalue weighted by Crippen LogP contribution is 2.35. The molecule has 0 spiro atoms. The fraction of sp³-hybridized carbons (Fsp3) is 0.333. The van der Waals surface area contributed by atoms with Crippen LogP contribution < -0.4 is 19.4 Å². The number of carbonyl (C=O) groups is 1. The second kappa shape index (κ2) is 9.13. The molecule has 0 saturated carbocycles. The van der Waals surface area contributed by atoms with Crippen LogP contribution in [-0.2, 0) is 11.3 Å². The summed E-state index contributed by atoms with van der Waals surface area (Å²) in [7, 11) is 3.06. The van der Waals surface area contributed by atoms with Crippen molar-refractivity contribution in [2.75, 3.05) is 19.5 Å². The molecule has 1 aromatic carbocycles. The van der Waals surface area contributed by atoms with Crippen molar-refractivity contribution in [3.63, 3.8) is 0 Å². The Kier molecular flexibility index (Phi) is 6.88. The number of anilines is 1. The van der Waals surface area contributed by atoms with E-state index in [-0.39, 0.29) is 5.91 Å². The van der Waals surface area contributed by atoms with Gasteiger partial charge < -0.3 is 14.8 Å². The molecule has 1 heterocycles. The molecule has 0 saturated heterocycles. The summed E-state index contributed by atoms with van der Waals surface area (Å²) >= 11 is 6.06. The van der Waals surface area contributed by atoms with Gasteiger partial charge in [-0.25, -0.2) is 4.57 Å². The zero-order valence-electron chi connectivity index (χ0n) is 13.9. The first-order valence-corrected chi connectivity index (χ1v) is 8.17. The minimum absolute atomic E-state index is 0.0595. The van der Waals surface area contributed by atoms with Crippen LogP contribution in [0.2, 0.25) is 5.02 Å². The molecule has 0 fully saturated rings. The van der Waals surface area contributed by atoms with Gasteiger partial charge in [0, 0.05) is 37.1 Å². The van der Waals surface area contributed by atoms with E-state index in [0.29, 0.717) is 28.6 Å². The maximum absolute atomic E-state index is 12.1. The smallest absolute Gasteiger partial charge is 0.224 e. The van der Waals surface area contributed by atoms with E-state index in [1.807, 2.05) is 30.6 Å². The monoisotopic (exact) mass is 349 g/mol. The normalized spacial score (nSPS) is 10.3. The summed E-state index contributed by atoms with van der Waals surface area (Å²) in [4.78, 5) is 12.1. The van der Waals surface area contributed by atoms with Crippen molar-refractivity contribution in [3.05, 3.63) is 47.7 Å². The SMILES string of the molecule is COc1cc(NC(=O)CCCC[n+]2ccccc2)c(OC)cc1Cl. The highest BCUT2D eigenvalue weighted by atomic mass is 35.5. The number of methoxy groups -OCH3 is 2. The number of carbonyl (C=O) groups excluding carboxylic acids is 1. The molecule has 24 heavy (non-hydrogen) atoms. The van der Waals surface area contributed by atoms with E-state index in [2.05, 4.69) is 9.88 Å². The number of rotatable bonds is 8. The summed E-state index contributed by atoms with van der Waals surface area (Å²) in [6.07, 6.45) is 6.22. The molecule has 6 heteroatoms. The summed E-state index contributed by atoms with van der Waals surface area (Å²) in [5, 5.41) is 3.29. The van der Waals surface area contributed by atoms with Crippen LogP contribution >= 0.6 is 11.6 Å². The molecule has 128 valence electrons. The van der Waals surface area contributed by atoms with Crippen LogP contribution in [0.5, 0.6) is 11.5 Å². The molecule has 0 bridgehead atoms. The minimum Gasteiger partial charge on any atom is -0.495 e. The second-order valence-corrected chi connectivity index (χ2v) is 5.71. The molecule has 0 aliphatic heterocycles. The van der Waals surface area contributed by atoms with Crippen LogP contribution in [0.4, 0.5) is 5.69 Å². The predicted octanol–water partition coefficient (Wildman–Crippen LogP) is 3.45. The van der Waals surface area contributed by atoms with Crippen molar-refractivity contribution in [1.29, 1.82) is 0 Å². The van der Waals surface area contributed by atoms with Crippen molar-refractivity contribution in [2.45, 2.75) is 25.8 Å². The topological polar surface area (TPSA) is 51.4 Å². The Balaban J connectivity index is 1.85. The van der Waals surface area contributed by atoms with Crippen molar-refractivity contribution in [3.8, 4) is 11.5 Å². The molecule has 0 radical (unpaired) electrons. The Labute approximate surface area is 147 Å². The molecule has 0 aliphatic carbocycles. The van der Waals surface area contributed by atoms with Crippen molar-refractivity contribution < 1.29 is 18.8 Å². The third-order valence-corrected chi connectivity index (χ3v) is 3.89. The Morgan fingerprint density at radius 2 is 1.79 bits per heavy atom. The number of hydrogen-bond donors (Lipinski definition) is 1. The number of nitrogens with one attached hydrogen (secondary N) is 1. The number of benzene rings is 1. The Bertz CT molecular complexity index is 677. The van der Waals surface area contributed by atoms with Crippen LogP contribution in [0.1, 0.15) is 19.3 Å². The number of aryl methyl sites for hydroxylation is 1. The fourth-order valence-electron chi connectivity index (χ4n) is 2.33. The number of nitrogens with zero attached hydrogens (tertiary/aromatic N) is 1. The van der Waals surface area contributed by atoms with Gasteiger partial charge in [-0.05, 0) is 6.42 Å². The van der Waals surface area contributed by atoms with E-state index in [4.69, 9.17) is 21.1 Å². The summed E-state index contributed by atoms with van der Waals surface area (Å²) in [5.41, 5.74) is 0.557. The van der Waals surface area contributed by atoms with Crippen LogP contribution in [0, 0.1) is 0 Å². The van der Waals surface area contributed by atoms with Crippen LogP contribution in [0.15, 0.2) is 42.7 Å². The standard InChI is InChI=1S/C18H21ClN2O3/c1-23-16-13-15(17(24-2)12-14(16)19)20-18(22)8-4-7-11-21-9-5-3-6-10-21/h3,5-6,9-10,12-13H,4,7-8,11H2,1-2H3/p+1. The van der Waals surface area contributed by atoms with Crippen LogP contribution in [-0.4, -0.2) is 20.1 Å². The number of amides is 1. The zero-order chi connectivity index (χ0) is 17.4. The lowest BCUT2D eigenvalue weighted by atomic mass is 10.2. The Morgan fingerprint density at radius 3 is 2.46 bits per heavy atom. The molecule has 0 atom stereocenters. The molecule has 5 nitrogen and oxygen atoms in total. The molecule has 0 unspecified atom stereocenters. The molecule has 2 aromatic rings. The molecular formula is C18H22ClN2O3+. The largest absolute Gasteiger partial charge is 0.495 e. The third kappa shape index (κ3) is 5.13. The molecule has 1 amide bonds. The van der Waals surface area contributed by atoms with Gasteiger partial charge in [0.05, 0.1) is 24.9 Å². The maximum atomic E-state index is 12.1. The lowest BCUT2D eigenvalue weighted by Gasteiger charge is -2.13. The third-order valence-electron chi connectivity index (χ3n) is 3.60. The average Bonchev–Trinajstić information content (AvgIpc) is 2.60. The summed E-state index contributed by atoms with van der Waals surface area (Å²) in [6, 6.07) is 9.26. The van der Waals surface area contributed by atoms with E-state index in [9.17, 15) is 4.79 Å². The molecule has 1 aromatic heterocycles. The average molecular weight is 350 g/mol. The number of hydrogen-bond acceptors (Lipinski definition) is 3. The summed E-state index contributed by atoms with van der Waals surface area (Å²) < 4.78 is 12.5. The van der Waals surface area contributed by atoms with E-state index in [0.717, 1.165) is 19.4 Å². The van der Waals surface area contributed by atoms with E-state index in [1.165, 1.54) is 14.2 Å². The van der Waals surface area contributed by atoms with E-state index < -0.39 is 0 Å². The molecule has 2 rings (SSSR count). The predicted molar refractivity (Wildman–Crippen MR) is 93.7 cm³/mol. The first-order valence-electron chi connectivity index (χ1n) is 7.79. The first kappa shape index (κ1) is 18.1. The van der Waals surface area contributed by atoms with Gasteiger partial charge in [-0.2, -0.15) is 0 Å². The van der Waals surface area contributed by atoms with Gasteiger partial charge in [0.25, 0.3) is 0 Å². The fourth-order valence-corrected chi connectivity index (χ4v) is 2.56. The minimum atomic E-state index is -0.0595. The number of aromatic nitrogens is 1. The molecule has 0 aliphatic rings. The summed E-state index contributed by atoms with van der Waals surface area (Å²) in [5.74, 6) is 0.943. The van der Waals surface area contributed by atoms with Crippen molar-refractivity contribution in [1.82, 2.24) is 0 Å². The van der Waals surface area contributed by atoms with E-state index >= 15 is 0 Å². The number of pyridine rings is 1. The van der Waals surface area contributed by atoms with Gasteiger partial charge in [0.1, 0.15) is 18.0 Å². The highest BCUT2D eigenvalue weighted by molar-refractivity contribution is 6.32. The van der Waals surface area contributed by atoms with Gasteiger partial charge in [-0.1, -0.05) is 17.7 Å². The zero-order valence-corrected chi connectivity index (χ0v) is 14.7. The van der Waals surface area contributed by atoms with Crippen molar-refractivity contribution in [2.24, 2.45) is 0 Å². The number of ether oxygens (including phenoxy) is 2. The quantitative estimate of drug-likeness (QED) is 0.586. The van der Waals surface area contributed by atoms with Crippen LogP contribution in [0.3, 0.4) is 0 Å². The number of halogens is 1. The van der Waals surface area contributed by atoms with Crippen LogP contribution in [0.25, 0.3) is 0 Å². The molecule has 1 N–H and O–H groups in total. The lowest BCUT2D eigenvalue weighted by molar-refractivity contribution is -0.697. The number of unbranched alkanes of at least 4 members (excludes halogenated alkanes) is 1. The van der Waals surface area contributed by atoms with Gasteiger partial charge in [0.15, 0.2) is 12.4 Å². The van der Waals surface area contributed by atoms with Gasteiger partial charge in [-0.15, -0.1) is 0 Å². The first-order chi connectivity index (χ1) is 11.6. The second-order valence-electron chi connectivity index (χ2n) is 5.31. The van der Waals surface area contributed by atoms with Gasteiger partial charge in [0.2, 0.25) is 5.91 Å².